The van der Waals surface area contributed by atoms with Crippen molar-refractivity contribution in [2.24, 2.45) is 0 Å². The summed E-state index contributed by atoms with van der Waals surface area (Å²) in [7, 11) is 3.07. The molecule has 0 radical (unpaired) electrons. The molecule has 0 aliphatic carbocycles. The molecule has 1 N–H and O–H groups in total. The lowest BCUT2D eigenvalue weighted by Crippen LogP contribution is -2.09. The lowest BCUT2D eigenvalue weighted by atomic mass is 10.1. The number of hydrogen-bond donors (Lipinski definition) is 1. The monoisotopic (exact) mass is 496 g/mol. The molecule has 7 nitrogen and oxygen atoms in total. The maximum Gasteiger partial charge on any atom is 0.247 e. The van der Waals surface area contributed by atoms with Crippen molar-refractivity contribution >= 4 is 45.8 Å². The predicted octanol–water partition coefficient (Wildman–Crippen LogP) is 5.52. The van der Waals surface area contributed by atoms with E-state index in [1.54, 1.807) is 16.9 Å². The smallest absolute Gasteiger partial charge is 0.247 e. The average Bonchev–Trinajstić information content (AvgIpc) is 3.25. The predicted molar refractivity (Wildman–Crippen MR) is 134 cm³/mol. The summed E-state index contributed by atoms with van der Waals surface area (Å²) in [6.45, 7) is 3.81. The third kappa shape index (κ3) is 4.71. The number of carbonyl (C=O) groups is 1. The van der Waals surface area contributed by atoms with Gasteiger partial charge in [0.05, 0.1) is 42.5 Å². The van der Waals surface area contributed by atoms with Crippen molar-refractivity contribution < 1.29 is 14.3 Å². The summed E-state index contributed by atoms with van der Waals surface area (Å²) in [5.74, 6) is 0.678. The van der Waals surface area contributed by atoms with E-state index in [4.69, 9.17) is 37.7 Å². The fraction of sp³-hybridized carbons (Fsp3) is 0.160. The van der Waals surface area contributed by atoms with Crippen LogP contribution in [-0.4, -0.2) is 34.9 Å². The van der Waals surface area contributed by atoms with Gasteiger partial charge < -0.3 is 14.8 Å². The first-order chi connectivity index (χ1) is 16.4. The number of pyridine rings is 1. The van der Waals surface area contributed by atoms with Gasteiger partial charge in [0.2, 0.25) is 5.91 Å². The van der Waals surface area contributed by atoms with Crippen LogP contribution in [0.25, 0.3) is 11.0 Å². The molecule has 0 saturated carbocycles. The molecule has 0 aliphatic heterocycles. The minimum Gasteiger partial charge on any atom is -0.495 e. The first-order valence-electron chi connectivity index (χ1n) is 10.4. The Bertz CT molecular complexity index is 1360. The van der Waals surface area contributed by atoms with Gasteiger partial charge >= 0.3 is 0 Å². The molecule has 0 aliphatic rings. The second-order valence-corrected chi connectivity index (χ2v) is 8.18. The molecule has 174 valence electrons. The van der Waals surface area contributed by atoms with E-state index in [2.05, 4.69) is 17.0 Å². The summed E-state index contributed by atoms with van der Waals surface area (Å²) in [4.78, 5) is 16.5. The lowest BCUT2D eigenvalue weighted by Gasteiger charge is -2.15. The molecule has 4 rings (SSSR count). The number of carbonyl (C=O) groups excluding carboxylic acids is 1. The molecule has 0 unspecified atom stereocenters. The number of anilines is 1. The quantitative estimate of drug-likeness (QED) is 0.325. The number of ether oxygens (including phenoxy) is 2. The van der Waals surface area contributed by atoms with Crippen LogP contribution < -0.4 is 14.8 Å². The Balaban J connectivity index is 1.64. The fourth-order valence-electron chi connectivity index (χ4n) is 3.63. The Morgan fingerprint density at radius 3 is 2.50 bits per heavy atom. The van der Waals surface area contributed by atoms with E-state index in [9.17, 15) is 4.79 Å². The second kappa shape index (κ2) is 10.2. The number of halogens is 2. The Hall–Kier alpha value is -3.55. The summed E-state index contributed by atoms with van der Waals surface area (Å²) < 4.78 is 12.5. The Kier molecular flexibility index (Phi) is 7.05. The van der Waals surface area contributed by atoms with E-state index in [1.165, 1.54) is 20.3 Å². The van der Waals surface area contributed by atoms with Crippen LogP contribution in [0, 0.1) is 0 Å². The molecule has 2 heterocycles. The zero-order valence-electron chi connectivity index (χ0n) is 18.6. The number of fused-ring (bicyclic) bond motifs is 1. The zero-order valence-corrected chi connectivity index (χ0v) is 20.2. The molecule has 34 heavy (non-hydrogen) atoms. The van der Waals surface area contributed by atoms with Crippen LogP contribution in [0.2, 0.25) is 10.0 Å². The highest BCUT2D eigenvalue weighted by atomic mass is 35.5. The molecular formula is C25H22Cl2N4O3. The maximum absolute atomic E-state index is 11.8. The van der Waals surface area contributed by atoms with Gasteiger partial charge in [-0.25, -0.2) is 4.98 Å². The summed E-state index contributed by atoms with van der Waals surface area (Å²) in [6, 6.07) is 13.1. The van der Waals surface area contributed by atoms with E-state index < -0.39 is 0 Å². The van der Waals surface area contributed by atoms with Crippen molar-refractivity contribution in [1.29, 1.82) is 0 Å². The molecule has 9 heteroatoms. The minimum atomic E-state index is -0.261. The molecule has 0 bridgehead atoms. The van der Waals surface area contributed by atoms with Crippen LogP contribution in [0.4, 0.5) is 5.69 Å². The molecule has 4 aromatic rings. The van der Waals surface area contributed by atoms with Gasteiger partial charge in [-0.05, 0) is 29.8 Å². The largest absolute Gasteiger partial charge is 0.495 e. The summed E-state index contributed by atoms with van der Waals surface area (Å²) in [5.41, 5.74) is 4.70. The third-order valence-electron chi connectivity index (χ3n) is 5.36. The Morgan fingerprint density at radius 2 is 1.82 bits per heavy atom. The number of nitrogens with one attached hydrogen (secondary N) is 1. The highest BCUT2D eigenvalue weighted by molar-refractivity contribution is 6.37. The van der Waals surface area contributed by atoms with E-state index in [-0.39, 0.29) is 5.91 Å². The van der Waals surface area contributed by atoms with Gasteiger partial charge in [-0.2, -0.15) is 5.10 Å². The highest BCUT2D eigenvalue weighted by Crippen LogP contribution is 2.40. The highest BCUT2D eigenvalue weighted by Gasteiger charge is 2.19. The Morgan fingerprint density at radius 1 is 1.12 bits per heavy atom. The maximum atomic E-state index is 11.8. The fourth-order valence-corrected chi connectivity index (χ4v) is 4.25. The zero-order chi connectivity index (χ0) is 24.2. The van der Waals surface area contributed by atoms with Crippen molar-refractivity contribution in [3.63, 3.8) is 0 Å². The normalized spacial score (nSPS) is 10.8. The number of rotatable bonds is 8. The average molecular weight is 497 g/mol. The Labute approximate surface area is 206 Å². The topological polar surface area (TPSA) is 78.3 Å². The third-order valence-corrected chi connectivity index (χ3v) is 6.19. The van der Waals surface area contributed by atoms with Gasteiger partial charge in [-0.15, -0.1) is 0 Å². The van der Waals surface area contributed by atoms with Crippen LogP contribution in [-0.2, 0) is 17.8 Å². The lowest BCUT2D eigenvalue weighted by molar-refractivity contribution is -0.111. The molecule has 2 aromatic carbocycles. The van der Waals surface area contributed by atoms with Gasteiger partial charge in [0.15, 0.2) is 0 Å². The molecule has 0 saturated heterocycles. The van der Waals surface area contributed by atoms with Crippen molar-refractivity contribution in [2.45, 2.75) is 13.0 Å². The van der Waals surface area contributed by atoms with Crippen LogP contribution in [0.5, 0.6) is 11.5 Å². The molecule has 2 aromatic heterocycles. The van der Waals surface area contributed by atoms with Crippen LogP contribution >= 0.6 is 23.2 Å². The first-order valence-corrected chi connectivity index (χ1v) is 11.1. The molecule has 0 fully saturated rings. The van der Waals surface area contributed by atoms with Crippen molar-refractivity contribution in [1.82, 2.24) is 14.8 Å². The molecular weight excluding hydrogens is 475 g/mol. The number of benzene rings is 2. The van der Waals surface area contributed by atoms with E-state index in [0.29, 0.717) is 40.1 Å². The number of amides is 1. The van der Waals surface area contributed by atoms with Crippen molar-refractivity contribution in [2.75, 3.05) is 19.5 Å². The molecule has 0 atom stereocenters. The van der Waals surface area contributed by atoms with Gasteiger partial charge in [-0.1, -0.05) is 48.0 Å². The number of aromatic nitrogens is 3. The van der Waals surface area contributed by atoms with Crippen LogP contribution in [0.15, 0.2) is 61.3 Å². The van der Waals surface area contributed by atoms with Gasteiger partial charge in [0, 0.05) is 29.4 Å². The summed E-state index contributed by atoms with van der Waals surface area (Å²) in [5, 5.41) is 8.12. The van der Waals surface area contributed by atoms with Crippen LogP contribution in [0.1, 0.15) is 16.8 Å². The van der Waals surface area contributed by atoms with Gasteiger partial charge in [0.25, 0.3) is 0 Å². The SMILES string of the molecule is C=CC(=O)Nc1ccccc1Cc1ccc2c(cnn2Cc2c(Cl)c(OC)cc(OC)c2Cl)n1. The number of hydrogen-bond acceptors (Lipinski definition) is 5. The van der Waals surface area contributed by atoms with E-state index in [1.807, 2.05) is 36.4 Å². The van der Waals surface area contributed by atoms with Gasteiger partial charge in [-0.3, -0.25) is 9.48 Å². The number of nitrogens with zero attached hydrogens (tertiary/aromatic N) is 3. The molecule has 0 spiro atoms. The summed E-state index contributed by atoms with van der Waals surface area (Å²) in [6.07, 6.45) is 3.48. The van der Waals surface area contributed by atoms with Crippen molar-refractivity contribution in [3.8, 4) is 11.5 Å². The van der Waals surface area contributed by atoms with Gasteiger partial charge in [0.1, 0.15) is 17.0 Å². The van der Waals surface area contributed by atoms with E-state index >= 15 is 0 Å². The summed E-state index contributed by atoms with van der Waals surface area (Å²) >= 11 is 13.1. The standard InChI is InChI=1S/C25H22Cl2N4O3/c1-4-23(32)30-18-8-6-5-7-15(18)11-16-9-10-20-19(29-16)13-28-31(20)14-17-24(26)21(33-2)12-22(34-3)25(17)27/h4-10,12-13H,1,11,14H2,2-3H3,(H,30,32). The van der Waals surface area contributed by atoms with Crippen LogP contribution in [0.3, 0.4) is 0 Å². The number of para-hydroxylation sites is 1. The van der Waals surface area contributed by atoms with E-state index in [0.717, 1.165) is 28.0 Å². The van der Waals surface area contributed by atoms with Crippen molar-refractivity contribution in [3.05, 3.63) is 88.2 Å². The molecule has 1 amide bonds. The minimum absolute atomic E-state index is 0.261. The first kappa shape index (κ1) is 23.6. The number of methoxy groups -OCH3 is 2. The second-order valence-electron chi connectivity index (χ2n) is 7.42.